The lowest BCUT2D eigenvalue weighted by atomic mass is 10.1. The fourth-order valence-corrected chi connectivity index (χ4v) is 2.85. The van der Waals surface area contributed by atoms with Crippen LogP contribution in [0, 0.1) is 5.92 Å². The summed E-state index contributed by atoms with van der Waals surface area (Å²) in [7, 11) is 2.99. The van der Waals surface area contributed by atoms with E-state index >= 15 is 0 Å². The molecule has 108 valence electrons. The zero-order valence-corrected chi connectivity index (χ0v) is 11.7. The number of esters is 1. The van der Waals surface area contributed by atoms with E-state index in [1.807, 2.05) is 6.92 Å². The average molecular weight is 270 g/mol. The summed E-state index contributed by atoms with van der Waals surface area (Å²) in [5.74, 6) is -0.293. The fraction of sp³-hybridized carbons (Fsp3) is 0.846. The maximum absolute atomic E-state index is 12.2. The van der Waals surface area contributed by atoms with Crippen LogP contribution in [0.3, 0.4) is 0 Å². The number of methoxy groups -OCH3 is 2. The van der Waals surface area contributed by atoms with Crippen LogP contribution in [0.25, 0.3) is 0 Å². The van der Waals surface area contributed by atoms with E-state index in [0.717, 1.165) is 6.42 Å². The van der Waals surface area contributed by atoms with Gasteiger partial charge in [-0.15, -0.1) is 0 Å². The molecule has 0 bridgehead atoms. The number of hydrogen-bond acceptors (Lipinski definition) is 5. The van der Waals surface area contributed by atoms with Gasteiger partial charge in [-0.05, 0) is 18.8 Å². The first-order valence-corrected chi connectivity index (χ1v) is 6.74. The molecule has 0 unspecified atom stereocenters. The zero-order valence-electron chi connectivity index (χ0n) is 11.7. The van der Waals surface area contributed by atoms with Crippen LogP contribution in [-0.2, 0) is 19.1 Å². The molecule has 4 atom stereocenters. The Hall–Kier alpha value is -1.14. The van der Waals surface area contributed by atoms with Crippen molar-refractivity contribution in [2.24, 2.45) is 5.92 Å². The Labute approximate surface area is 113 Å². The molecule has 1 aliphatic carbocycles. The van der Waals surface area contributed by atoms with Gasteiger partial charge in [-0.3, -0.25) is 4.79 Å². The molecule has 0 spiro atoms. The van der Waals surface area contributed by atoms with Crippen molar-refractivity contribution in [1.82, 2.24) is 10.6 Å². The highest BCUT2D eigenvalue weighted by Gasteiger charge is 2.61. The number of amides is 1. The summed E-state index contributed by atoms with van der Waals surface area (Å²) < 4.78 is 10.0. The lowest BCUT2D eigenvalue weighted by Gasteiger charge is -2.19. The van der Waals surface area contributed by atoms with E-state index in [-0.39, 0.29) is 29.9 Å². The van der Waals surface area contributed by atoms with Crippen LogP contribution in [0.5, 0.6) is 0 Å². The molecule has 0 aromatic carbocycles. The number of hydrogen-bond donors (Lipinski definition) is 2. The molecule has 19 heavy (non-hydrogen) atoms. The van der Waals surface area contributed by atoms with Crippen LogP contribution < -0.4 is 10.6 Å². The molecule has 6 nitrogen and oxygen atoms in total. The van der Waals surface area contributed by atoms with E-state index < -0.39 is 5.54 Å². The van der Waals surface area contributed by atoms with Crippen molar-refractivity contribution < 1.29 is 19.1 Å². The van der Waals surface area contributed by atoms with Crippen LogP contribution in [0.4, 0.5) is 0 Å². The van der Waals surface area contributed by atoms with E-state index in [1.165, 1.54) is 7.11 Å². The minimum absolute atomic E-state index is 0.0611. The van der Waals surface area contributed by atoms with Gasteiger partial charge in [0.15, 0.2) is 0 Å². The fourth-order valence-electron chi connectivity index (χ4n) is 2.85. The number of rotatable bonds is 5. The molecule has 6 heteroatoms. The normalized spacial score (nSPS) is 36.9. The monoisotopic (exact) mass is 270 g/mol. The Kier molecular flexibility index (Phi) is 4.10. The average Bonchev–Trinajstić information content (AvgIpc) is 2.92. The van der Waals surface area contributed by atoms with Gasteiger partial charge in [0.1, 0.15) is 5.54 Å². The largest absolute Gasteiger partial charge is 0.467 e. The quantitative estimate of drug-likeness (QED) is 0.678. The lowest BCUT2D eigenvalue weighted by molar-refractivity contribution is -0.147. The van der Waals surface area contributed by atoms with Crippen LogP contribution >= 0.6 is 0 Å². The molecular weight excluding hydrogens is 248 g/mol. The topological polar surface area (TPSA) is 76.7 Å². The zero-order chi connectivity index (χ0) is 14.0. The van der Waals surface area contributed by atoms with E-state index in [0.29, 0.717) is 19.4 Å². The summed E-state index contributed by atoms with van der Waals surface area (Å²) >= 11 is 0. The second-order valence-corrected chi connectivity index (χ2v) is 5.32. The lowest BCUT2D eigenvalue weighted by Crippen LogP contribution is -2.51. The maximum Gasteiger partial charge on any atom is 0.331 e. The molecule has 1 saturated carbocycles. The number of nitrogens with one attached hydrogen (secondary N) is 2. The molecule has 0 aromatic rings. The van der Waals surface area contributed by atoms with Crippen molar-refractivity contribution in [1.29, 1.82) is 0 Å². The molecule has 2 rings (SSSR count). The minimum Gasteiger partial charge on any atom is -0.467 e. The summed E-state index contributed by atoms with van der Waals surface area (Å²) in [6.45, 7) is 2.67. The van der Waals surface area contributed by atoms with Gasteiger partial charge in [0.2, 0.25) is 5.91 Å². The third-order valence-electron chi connectivity index (χ3n) is 4.23. The molecule has 0 radical (unpaired) electrons. The Balaban J connectivity index is 1.96. The van der Waals surface area contributed by atoms with Gasteiger partial charge in [-0.25, -0.2) is 4.79 Å². The third kappa shape index (κ3) is 2.60. The Morgan fingerprint density at radius 2 is 2.16 bits per heavy atom. The summed E-state index contributed by atoms with van der Waals surface area (Å²) in [6, 6.07) is -0.287. The predicted octanol–water partition coefficient (Wildman–Crippen LogP) is -0.179. The van der Waals surface area contributed by atoms with Crippen LogP contribution in [0.2, 0.25) is 0 Å². The second kappa shape index (κ2) is 5.46. The van der Waals surface area contributed by atoms with Crippen molar-refractivity contribution in [3.8, 4) is 0 Å². The smallest absolute Gasteiger partial charge is 0.331 e. The van der Waals surface area contributed by atoms with Gasteiger partial charge in [0.25, 0.3) is 0 Å². The van der Waals surface area contributed by atoms with Crippen molar-refractivity contribution in [3.63, 3.8) is 0 Å². The summed E-state index contributed by atoms with van der Waals surface area (Å²) in [5.41, 5.74) is -0.798. The second-order valence-electron chi connectivity index (χ2n) is 5.32. The van der Waals surface area contributed by atoms with Crippen molar-refractivity contribution in [3.05, 3.63) is 0 Å². The van der Waals surface area contributed by atoms with Crippen LogP contribution in [-0.4, -0.2) is 50.3 Å². The van der Waals surface area contributed by atoms with Gasteiger partial charge in [-0.1, -0.05) is 13.3 Å². The Morgan fingerprint density at radius 1 is 1.42 bits per heavy atom. The standard InChI is InChI=1S/C13H22N2O4/c1-4-8-6-13(8,12(17)19-3)15-11(16)10-5-9(18-2)7-14-10/h8-10,14H,4-7H2,1-3H3,(H,15,16)/t8-,9-,10+,13-/m1/s1. The van der Waals surface area contributed by atoms with Gasteiger partial charge >= 0.3 is 5.97 Å². The van der Waals surface area contributed by atoms with Gasteiger partial charge < -0.3 is 20.1 Å². The van der Waals surface area contributed by atoms with E-state index in [2.05, 4.69) is 10.6 Å². The van der Waals surface area contributed by atoms with Gasteiger partial charge in [0, 0.05) is 13.7 Å². The molecular formula is C13H22N2O4. The first-order valence-electron chi connectivity index (χ1n) is 6.74. The molecule has 1 saturated heterocycles. The SMILES string of the molecule is CC[C@@H]1C[C@]1(NC(=O)[C@@H]1C[C@@H](OC)CN1)C(=O)OC. The maximum atomic E-state index is 12.2. The first-order chi connectivity index (χ1) is 9.07. The highest BCUT2D eigenvalue weighted by molar-refractivity contribution is 5.93. The molecule has 2 N–H and O–H groups in total. The van der Waals surface area contributed by atoms with Crippen molar-refractivity contribution in [2.75, 3.05) is 20.8 Å². The molecule has 0 aromatic heterocycles. The molecule has 2 fully saturated rings. The van der Waals surface area contributed by atoms with E-state index in [9.17, 15) is 9.59 Å². The Morgan fingerprint density at radius 3 is 2.63 bits per heavy atom. The predicted molar refractivity (Wildman–Crippen MR) is 68.5 cm³/mol. The summed E-state index contributed by atoms with van der Waals surface area (Å²) in [4.78, 5) is 24.1. The highest BCUT2D eigenvalue weighted by Crippen LogP contribution is 2.46. The van der Waals surface area contributed by atoms with Gasteiger partial charge in [-0.2, -0.15) is 0 Å². The van der Waals surface area contributed by atoms with Crippen LogP contribution in [0.1, 0.15) is 26.2 Å². The summed E-state index contributed by atoms with van der Waals surface area (Å²) in [6.07, 6.45) is 2.22. The molecule has 1 heterocycles. The molecule has 1 aliphatic heterocycles. The first kappa shape index (κ1) is 14.3. The number of carbonyl (C=O) groups excluding carboxylic acids is 2. The van der Waals surface area contributed by atoms with Gasteiger partial charge in [0.05, 0.1) is 19.3 Å². The third-order valence-corrected chi connectivity index (χ3v) is 4.23. The number of carbonyl (C=O) groups is 2. The summed E-state index contributed by atoms with van der Waals surface area (Å²) in [5, 5.41) is 5.98. The van der Waals surface area contributed by atoms with Crippen molar-refractivity contribution >= 4 is 11.9 Å². The van der Waals surface area contributed by atoms with E-state index in [1.54, 1.807) is 7.11 Å². The number of ether oxygens (including phenoxy) is 2. The molecule has 1 amide bonds. The molecule has 2 aliphatic rings. The van der Waals surface area contributed by atoms with E-state index in [4.69, 9.17) is 9.47 Å². The minimum atomic E-state index is -0.798. The van der Waals surface area contributed by atoms with Crippen LogP contribution in [0.15, 0.2) is 0 Å². The van der Waals surface area contributed by atoms with Crippen molar-refractivity contribution in [2.45, 2.75) is 43.9 Å². The highest BCUT2D eigenvalue weighted by atomic mass is 16.5. The Bertz CT molecular complexity index is 374.